The van der Waals surface area contributed by atoms with Crippen molar-refractivity contribution in [3.05, 3.63) is 29.8 Å². The summed E-state index contributed by atoms with van der Waals surface area (Å²) in [6.07, 6.45) is 4.13. The minimum absolute atomic E-state index is 0.256. The SMILES string of the molecule is O=C1CCC2CN(CC3Cc4ccccc4S3)CCC2N1. The van der Waals surface area contributed by atoms with Crippen molar-refractivity contribution in [3.8, 4) is 0 Å². The molecule has 0 saturated carbocycles. The average Bonchev–Trinajstić information content (AvgIpc) is 2.89. The Hall–Kier alpha value is -1.00. The van der Waals surface area contributed by atoms with Crippen LogP contribution in [0.4, 0.5) is 0 Å². The summed E-state index contributed by atoms with van der Waals surface area (Å²) in [5, 5.41) is 3.88. The molecule has 0 aliphatic carbocycles. The third-order valence-electron chi connectivity index (χ3n) is 5.08. The first-order valence-corrected chi connectivity index (χ1v) is 8.92. The smallest absolute Gasteiger partial charge is 0.220 e. The molecule has 0 radical (unpaired) electrons. The third-order valence-corrected chi connectivity index (χ3v) is 6.38. The van der Waals surface area contributed by atoms with Crippen molar-refractivity contribution in [2.24, 2.45) is 5.92 Å². The molecule has 3 atom stereocenters. The Kier molecular flexibility index (Phi) is 3.67. The van der Waals surface area contributed by atoms with Gasteiger partial charge >= 0.3 is 0 Å². The van der Waals surface area contributed by atoms with Gasteiger partial charge in [0.05, 0.1) is 0 Å². The number of thioether (sulfide) groups is 1. The summed E-state index contributed by atoms with van der Waals surface area (Å²) in [6, 6.07) is 9.26. The lowest BCUT2D eigenvalue weighted by Crippen LogP contribution is -2.54. The molecule has 1 amide bonds. The third kappa shape index (κ3) is 2.84. The molecule has 21 heavy (non-hydrogen) atoms. The first-order chi connectivity index (χ1) is 10.3. The van der Waals surface area contributed by atoms with Gasteiger partial charge in [-0.25, -0.2) is 0 Å². The molecule has 4 heteroatoms. The zero-order valence-corrected chi connectivity index (χ0v) is 13.1. The van der Waals surface area contributed by atoms with Crippen LogP contribution in [0.15, 0.2) is 29.2 Å². The number of amides is 1. The predicted molar refractivity (Wildman–Crippen MR) is 85.5 cm³/mol. The van der Waals surface area contributed by atoms with Crippen LogP contribution in [0.3, 0.4) is 0 Å². The zero-order chi connectivity index (χ0) is 14.2. The van der Waals surface area contributed by atoms with Gasteiger partial charge in [0.2, 0.25) is 5.91 Å². The number of nitrogens with zero attached hydrogens (tertiary/aromatic N) is 1. The Balaban J connectivity index is 1.34. The summed E-state index contributed by atoms with van der Waals surface area (Å²) in [7, 11) is 0. The van der Waals surface area contributed by atoms with E-state index in [-0.39, 0.29) is 5.91 Å². The molecule has 0 spiro atoms. The molecule has 4 rings (SSSR count). The fraction of sp³-hybridized carbons (Fsp3) is 0.588. The molecule has 3 nitrogen and oxygen atoms in total. The summed E-state index contributed by atoms with van der Waals surface area (Å²) in [6.45, 7) is 3.49. The molecule has 2 fully saturated rings. The normalized spacial score (nSPS) is 32.4. The Bertz CT molecular complexity index is 522. The van der Waals surface area contributed by atoms with E-state index in [0.717, 1.165) is 25.8 Å². The van der Waals surface area contributed by atoms with E-state index in [1.165, 1.54) is 30.0 Å². The first kappa shape index (κ1) is 13.6. The summed E-state index contributed by atoms with van der Waals surface area (Å²) in [5.41, 5.74) is 1.52. The van der Waals surface area contributed by atoms with E-state index >= 15 is 0 Å². The second-order valence-electron chi connectivity index (χ2n) is 6.57. The zero-order valence-electron chi connectivity index (χ0n) is 12.3. The van der Waals surface area contributed by atoms with Crippen LogP contribution in [0.25, 0.3) is 0 Å². The summed E-state index contributed by atoms with van der Waals surface area (Å²) in [5.74, 6) is 0.928. The first-order valence-electron chi connectivity index (χ1n) is 8.04. The average molecular weight is 302 g/mol. The van der Waals surface area contributed by atoms with Gasteiger partial charge in [-0.3, -0.25) is 4.79 Å². The second-order valence-corrected chi connectivity index (χ2v) is 7.91. The van der Waals surface area contributed by atoms with E-state index in [2.05, 4.69) is 34.5 Å². The van der Waals surface area contributed by atoms with Crippen LogP contribution in [0.2, 0.25) is 0 Å². The van der Waals surface area contributed by atoms with E-state index < -0.39 is 0 Å². The molecule has 3 aliphatic heterocycles. The summed E-state index contributed by atoms with van der Waals surface area (Å²) < 4.78 is 0. The van der Waals surface area contributed by atoms with Gasteiger partial charge in [0.25, 0.3) is 0 Å². The Labute approximate surface area is 130 Å². The Morgan fingerprint density at radius 2 is 2.19 bits per heavy atom. The number of benzene rings is 1. The number of rotatable bonds is 2. The standard InChI is InChI=1S/C17H22N2OS/c20-17-6-5-13-10-19(8-7-15(13)18-17)11-14-9-12-3-1-2-4-16(12)21-14/h1-4,13-15H,5-11H2,(H,18,20). The lowest BCUT2D eigenvalue weighted by atomic mass is 9.85. The highest BCUT2D eigenvalue weighted by Crippen LogP contribution is 2.37. The number of nitrogens with one attached hydrogen (secondary N) is 1. The van der Waals surface area contributed by atoms with Crippen LogP contribution >= 0.6 is 11.8 Å². The van der Waals surface area contributed by atoms with E-state index in [0.29, 0.717) is 17.2 Å². The number of likely N-dealkylation sites (tertiary alicyclic amines) is 1. The van der Waals surface area contributed by atoms with Crippen LogP contribution in [-0.4, -0.2) is 41.7 Å². The number of piperidine rings is 2. The molecule has 3 aliphatic rings. The topological polar surface area (TPSA) is 32.3 Å². The minimum Gasteiger partial charge on any atom is -0.353 e. The van der Waals surface area contributed by atoms with Crippen molar-refractivity contribution < 1.29 is 4.79 Å². The van der Waals surface area contributed by atoms with Gasteiger partial charge in [-0.1, -0.05) is 18.2 Å². The highest BCUT2D eigenvalue weighted by molar-refractivity contribution is 8.00. The van der Waals surface area contributed by atoms with Crippen molar-refractivity contribution in [3.63, 3.8) is 0 Å². The summed E-state index contributed by atoms with van der Waals surface area (Å²) >= 11 is 2.05. The van der Waals surface area contributed by atoms with Crippen LogP contribution in [-0.2, 0) is 11.2 Å². The van der Waals surface area contributed by atoms with Gasteiger partial charge in [-0.15, -0.1) is 11.8 Å². The fourth-order valence-electron chi connectivity index (χ4n) is 4.00. The molecule has 1 aromatic rings. The van der Waals surface area contributed by atoms with E-state index in [1.54, 1.807) is 0 Å². The number of fused-ring (bicyclic) bond motifs is 2. The quantitative estimate of drug-likeness (QED) is 0.910. The van der Waals surface area contributed by atoms with Gasteiger partial charge in [-0.2, -0.15) is 0 Å². The monoisotopic (exact) mass is 302 g/mol. The van der Waals surface area contributed by atoms with Gasteiger partial charge in [0.1, 0.15) is 0 Å². The molecular formula is C17H22N2OS. The molecule has 3 heterocycles. The Morgan fingerprint density at radius 3 is 3.10 bits per heavy atom. The second kappa shape index (κ2) is 5.65. The van der Waals surface area contributed by atoms with Gasteiger partial charge in [0.15, 0.2) is 0 Å². The van der Waals surface area contributed by atoms with E-state index in [4.69, 9.17) is 0 Å². The van der Waals surface area contributed by atoms with Crippen LogP contribution in [0.1, 0.15) is 24.8 Å². The van der Waals surface area contributed by atoms with Crippen molar-refractivity contribution in [1.82, 2.24) is 10.2 Å². The largest absolute Gasteiger partial charge is 0.353 e. The lowest BCUT2D eigenvalue weighted by molar-refractivity contribution is -0.125. The molecule has 0 aromatic heterocycles. The highest BCUT2D eigenvalue weighted by atomic mass is 32.2. The fourth-order valence-corrected chi connectivity index (χ4v) is 5.36. The maximum absolute atomic E-state index is 11.5. The van der Waals surface area contributed by atoms with Crippen LogP contribution in [0.5, 0.6) is 0 Å². The Morgan fingerprint density at radius 1 is 1.29 bits per heavy atom. The van der Waals surface area contributed by atoms with Gasteiger partial charge < -0.3 is 10.2 Å². The molecule has 0 bridgehead atoms. The van der Waals surface area contributed by atoms with Crippen LogP contribution < -0.4 is 5.32 Å². The molecule has 2 saturated heterocycles. The van der Waals surface area contributed by atoms with Crippen molar-refractivity contribution in [1.29, 1.82) is 0 Å². The van der Waals surface area contributed by atoms with Crippen molar-refractivity contribution in [2.45, 2.75) is 41.9 Å². The molecular weight excluding hydrogens is 280 g/mol. The van der Waals surface area contributed by atoms with Gasteiger partial charge in [-0.05, 0) is 36.8 Å². The molecule has 112 valence electrons. The van der Waals surface area contributed by atoms with Crippen LogP contribution in [0, 0.1) is 5.92 Å². The van der Waals surface area contributed by atoms with Crippen molar-refractivity contribution in [2.75, 3.05) is 19.6 Å². The highest BCUT2D eigenvalue weighted by Gasteiger charge is 2.35. The molecule has 1 aromatic carbocycles. The number of carbonyl (C=O) groups is 1. The maximum Gasteiger partial charge on any atom is 0.220 e. The predicted octanol–water partition coefficient (Wildman–Crippen LogP) is 2.30. The molecule has 1 N–H and O–H groups in total. The number of hydrogen-bond acceptors (Lipinski definition) is 3. The molecule has 3 unspecified atom stereocenters. The van der Waals surface area contributed by atoms with E-state index in [9.17, 15) is 4.79 Å². The lowest BCUT2D eigenvalue weighted by Gasteiger charge is -2.42. The number of carbonyl (C=O) groups excluding carboxylic acids is 1. The summed E-state index contributed by atoms with van der Waals surface area (Å²) in [4.78, 5) is 15.6. The van der Waals surface area contributed by atoms with Gasteiger partial charge in [0, 0.05) is 42.2 Å². The van der Waals surface area contributed by atoms with E-state index in [1.807, 2.05) is 11.8 Å². The number of hydrogen-bond donors (Lipinski definition) is 1. The maximum atomic E-state index is 11.5. The minimum atomic E-state index is 0.256. The van der Waals surface area contributed by atoms with Crippen molar-refractivity contribution >= 4 is 17.7 Å².